The Hall–Kier alpha value is -1.26. The number of carbonyl (C=O) groups excluding carboxylic acids is 1. The molecule has 0 radical (unpaired) electrons. The molecule has 2 fully saturated rings. The molecule has 2 amide bonds. The number of urea groups is 1. The third kappa shape index (κ3) is 4.35. The van der Waals surface area contributed by atoms with Crippen molar-refractivity contribution in [3.63, 3.8) is 0 Å². The lowest BCUT2D eigenvalue weighted by Gasteiger charge is -2.35. The fourth-order valence-electron chi connectivity index (χ4n) is 3.52. The maximum absolute atomic E-state index is 12.3. The smallest absolute Gasteiger partial charge is 0.317 e. The van der Waals surface area contributed by atoms with Crippen LogP contribution in [0.3, 0.4) is 0 Å². The Morgan fingerprint density at radius 3 is 2.10 bits per heavy atom. The minimum absolute atomic E-state index is 0.0379. The molecule has 1 saturated carbocycles. The van der Waals surface area contributed by atoms with Crippen LogP contribution in [0.15, 0.2) is 0 Å². The van der Waals surface area contributed by atoms with Crippen molar-refractivity contribution in [2.45, 2.75) is 58.4 Å². The van der Waals surface area contributed by atoms with Gasteiger partial charge < -0.3 is 15.3 Å². The van der Waals surface area contributed by atoms with Gasteiger partial charge in [-0.3, -0.25) is 4.79 Å². The van der Waals surface area contributed by atoms with Crippen molar-refractivity contribution in [3.8, 4) is 0 Å². The number of carbonyl (C=O) groups is 2. The Labute approximate surface area is 127 Å². The van der Waals surface area contributed by atoms with Gasteiger partial charge >= 0.3 is 12.0 Å². The Morgan fingerprint density at radius 2 is 1.62 bits per heavy atom. The van der Waals surface area contributed by atoms with Crippen molar-refractivity contribution in [3.05, 3.63) is 0 Å². The summed E-state index contributed by atoms with van der Waals surface area (Å²) in [5, 5.41) is 12.1. The van der Waals surface area contributed by atoms with E-state index in [1.54, 1.807) is 0 Å². The van der Waals surface area contributed by atoms with Gasteiger partial charge in [0.05, 0.1) is 5.92 Å². The number of nitrogens with zero attached hydrogens (tertiary/aromatic N) is 1. The molecule has 2 rings (SSSR count). The molecule has 5 heteroatoms. The van der Waals surface area contributed by atoms with Crippen molar-refractivity contribution >= 4 is 12.0 Å². The number of hydrogen-bond donors (Lipinski definition) is 2. The molecule has 0 bridgehead atoms. The first-order valence-corrected chi connectivity index (χ1v) is 8.25. The molecular formula is C16H28N2O3. The molecule has 5 nitrogen and oxygen atoms in total. The standard InChI is InChI=1S/C16H28N2O3/c1-11(2)12-7-9-18(10-8-12)16(21)17-14-5-3-13(4-6-14)15(19)20/h11-14H,3-10H2,1-2H3,(H,17,21)(H,19,20). The molecule has 1 heterocycles. The second-order valence-electron chi connectivity index (χ2n) is 6.90. The monoisotopic (exact) mass is 296 g/mol. The summed E-state index contributed by atoms with van der Waals surface area (Å²) < 4.78 is 0. The van der Waals surface area contributed by atoms with Crippen molar-refractivity contribution in [1.29, 1.82) is 0 Å². The first-order chi connectivity index (χ1) is 9.97. The summed E-state index contributed by atoms with van der Waals surface area (Å²) in [6.07, 6.45) is 5.11. The first kappa shape index (κ1) is 16.1. The highest BCUT2D eigenvalue weighted by Crippen LogP contribution is 2.26. The number of likely N-dealkylation sites (tertiary alicyclic amines) is 1. The number of hydrogen-bond acceptors (Lipinski definition) is 2. The summed E-state index contributed by atoms with van der Waals surface area (Å²) in [7, 11) is 0. The van der Waals surface area contributed by atoms with Gasteiger partial charge in [-0.15, -0.1) is 0 Å². The van der Waals surface area contributed by atoms with Gasteiger partial charge in [-0.1, -0.05) is 13.8 Å². The van der Waals surface area contributed by atoms with Gasteiger partial charge in [0.2, 0.25) is 0 Å². The van der Waals surface area contributed by atoms with Crippen molar-refractivity contribution in [2.75, 3.05) is 13.1 Å². The van der Waals surface area contributed by atoms with Crippen LogP contribution >= 0.6 is 0 Å². The SMILES string of the molecule is CC(C)C1CCN(C(=O)NC2CCC(C(=O)O)CC2)CC1. The van der Waals surface area contributed by atoms with Gasteiger partial charge in [0.25, 0.3) is 0 Å². The topological polar surface area (TPSA) is 69.6 Å². The summed E-state index contributed by atoms with van der Waals surface area (Å²) in [6, 6.07) is 0.187. The summed E-state index contributed by atoms with van der Waals surface area (Å²) in [5.41, 5.74) is 0. The van der Waals surface area contributed by atoms with Crippen molar-refractivity contribution in [1.82, 2.24) is 10.2 Å². The van der Waals surface area contributed by atoms with Crippen LogP contribution in [-0.2, 0) is 4.79 Å². The van der Waals surface area contributed by atoms with Crippen LogP contribution in [0.5, 0.6) is 0 Å². The molecule has 120 valence electrons. The Kier molecular flexibility index (Phi) is 5.48. The van der Waals surface area contributed by atoms with Gasteiger partial charge in [0, 0.05) is 19.1 Å². The number of piperidine rings is 1. The predicted molar refractivity (Wildman–Crippen MR) is 81.0 cm³/mol. The van der Waals surface area contributed by atoms with Gasteiger partial charge in [0.1, 0.15) is 0 Å². The van der Waals surface area contributed by atoms with Crippen LogP contribution in [0.1, 0.15) is 52.4 Å². The van der Waals surface area contributed by atoms with Crippen LogP contribution < -0.4 is 5.32 Å². The molecule has 2 aliphatic rings. The van der Waals surface area contributed by atoms with Crippen LogP contribution in [0.4, 0.5) is 4.79 Å². The highest BCUT2D eigenvalue weighted by atomic mass is 16.4. The molecule has 1 aliphatic carbocycles. The summed E-state index contributed by atoms with van der Waals surface area (Å²) in [6.45, 7) is 6.20. The third-order valence-electron chi connectivity index (χ3n) is 5.17. The molecule has 21 heavy (non-hydrogen) atoms. The fraction of sp³-hybridized carbons (Fsp3) is 0.875. The van der Waals surface area contributed by atoms with Gasteiger partial charge in [-0.2, -0.15) is 0 Å². The number of nitrogens with one attached hydrogen (secondary N) is 1. The zero-order valence-corrected chi connectivity index (χ0v) is 13.2. The number of rotatable bonds is 3. The quantitative estimate of drug-likeness (QED) is 0.841. The van der Waals surface area contributed by atoms with Crippen LogP contribution in [0.2, 0.25) is 0 Å². The van der Waals surface area contributed by atoms with E-state index in [0.717, 1.165) is 44.7 Å². The van der Waals surface area contributed by atoms with E-state index < -0.39 is 5.97 Å². The number of amides is 2. The van der Waals surface area contributed by atoms with Crippen LogP contribution in [0, 0.1) is 17.8 Å². The lowest BCUT2D eigenvalue weighted by atomic mass is 9.86. The van der Waals surface area contributed by atoms with Gasteiger partial charge in [-0.25, -0.2) is 4.79 Å². The van der Waals surface area contributed by atoms with Crippen LogP contribution in [-0.4, -0.2) is 41.1 Å². The van der Waals surface area contributed by atoms with E-state index in [4.69, 9.17) is 5.11 Å². The molecule has 0 aromatic heterocycles. The highest BCUT2D eigenvalue weighted by molar-refractivity contribution is 5.74. The van der Waals surface area contributed by atoms with E-state index in [9.17, 15) is 9.59 Å². The van der Waals surface area contributed by atoms with E-state index >= 15 is 0 Å². The lowest BCUT2D eigenvalue weighted by molar-refractivity contribution is -0.142. The van der Waals surface area contributed by atoms with Gasteiger partial charge in [0.15, 0.2) is 0 Å². The largest absolute Gasteiger partial charge is 0.481 e. The second-order valence-corrected chi connectivity index (χ2v) is 6.90. The number of carboxylic acid groups (broad SMARTS) is 1. The van der Waals surface area contributed by atoms with E-state index in [2.05, 4.69) is 19.2 Å². The maximum atomic E-state index is 12.3. The summed E-state index contributed by atoms with van der Waals surface area (Å²) in [4.78, 5) is 25.1. The minimum atomic E-state index is -0.699. The van der Waals surface area contributed by atoms with E-state index in [1.165, 1.54) is 0 Å². The van der Waals surface area contributed by atoms with Gasteiger partial charge in [-0.05, 0) is 50.4 Å². The Morgan fingerprint density at radius 1 is 1.05 bits per heavy atom. The average molecular weight is 296 g/mol. The average Bonchev–Trinajstić information content (AvgIpc) is 2.47. The van der Waals surface area contributed by atoms with E-state index in [1.807, 2.05) is 4.90 Å². The normalized spacial score (nSPS) is 27.7. The lowest BCUT2D eigenvalue weighted by Crippen LogP contribution is -2.49. The molecule has 2 N–H and O–H groups in total. The molecule has 0 aromatic rings. The molecular weight excluding hydrogens is 268 g/mol. The number of carboxylic acids is 1. The van der Waals surface area contributed by atoms with E-state index in [0.29, 0.717) is 18.8 Å². The fourth-order valence-corrected chi connectivity index (χ4v) is 3.52. The second kappa shape index (κ2) is 7.14. The third-order valence-corrected chi connectivity index (χ3v) is 5.17. The minimum Gasteiger partial charge on any atom is -0.481 e. The van der Waals surface area contributed by atoms with Crippen molar-refractivity contribution in [2.24, 2.45) is 17.8 Å². The summed E-state index contributed by atoms with van der Waals surface area (Å²) in [5.74, 6) is 0.511. The maximum Gasteiger partial charge on any atom is 0.317 e. The molecule has 0 unspecified atom stereocenters. The zero-order chi connectivity index (χ0) is 15.4. The number of aliphatic carboxylic acids is 1. The zero-order valence-electron chi connectivity index (χ0n) is 13.2. The Bertz CT molecular complexity index is 368. The Balaban J connectivity index is 1.72. The van der Waals surface area contributed by atoms with E-state index in [-0.39, 0.29) is 18.0 Å². The molecule has 1 saturated heterocycles. The molecule has 0 atom stereocenters. The molecule has 0 aromatic carbocycles. The molecule has 1 aliphatic heterocycles. The predicted octanol–water partition coefficient (Wildman–Crippen LogP) is 2.71. The summed E-state index contributed by atoms with van der Waals surface area (Å²) >= 11 is 0. The highest BCUT2D eigenvalue weighted by Gasteiger charge is 2.29. The molecule has 0 spiro atoms. The first-order valence-electron chi connectivity index (χ1n) is 8.25. The van der Waals surface area contributed by atoms with Crippen LogP contribution in [0.25, 0.3) is 0 Å². The van der Waals surface area contributed by atoms with Crippen molar-refractivity contribution < 1.29 is 14.7 Å².